The molecule has 0 amide bonds. The second-order valence-electron chi connectivity index (χ2n) is 10.4. The molecule has 0 N–H and O–H groups in total. The summed E-state index contributed by atoms with van der Waals surface area (Å²) >= 11 is 0. The van der Waals surface area contributed by atoms with Crippen molar-refractivity contribution in [2.75, 3.05) is 14.2 Å². The number of fused-ring (bicyclic) bond motifs is 1. The molecular weight excluding hydrogens is 659 g/mol. The molecule has 0 fully saturated rings. The quantitative estimate of drug-likeness (QED) is 0.121. The van der Waals surface area contributed by atoms with Gasteiger partial charge in [-0.3, -0.25) is 9.36 Å². The van der Waals surface area contributed by atoms with Crippen LogP contribution in [0.3, 0.4) is 0 Å². The van der Waals surface area contributed by atoms with Crippen LogP contribution in [0.4, 0.5) is 13.2 Å². The predicted molar refractivity (Wildman–Crippen MR) is 167 cm³/mol. The molecule has 0 bridgehead atoms. The molecule has 0 radical (unpaired) electrons. The van der Waals surface area contributed by atoms with Crippen molar-refractivity contribution in [3.63, 3.8) is 0 Å². The maximum Gasteiger partial charge on any atom is 0.534 e. The van der Waals surface area contributed by atoms with Crippen LogP contribution in [0.25, 0.3) is 11.0 Å². The lowest BCUT2D eigenvalue weighted by Gasteiger charge is -2.16. The van der Waals surface area contributed by atoms with Gasteiger partial charge in [0.05, 0.1) is 40.2 Å². The lowest BCUT2D eigenvalue weighted by atomic mass is 10.2. The van der Waals surface area contributed by atoms with Crippen LogP contribution in [0.1, 0.15) is 16.7 Å². The first-order chi connectivity index (χ1) is 22.9. The zero-order valence-electron chi connectivity index (χ0n) is 25.7. The van der Waals surface area contributed by atoms with Crippen molar-refractivity contribution in [1.82, 2.24) is 13.7 Å². The summed E-state index contributed by atoms with van der Waals surface area (Å²) in [5.74, 6) is -0.204. The summed E-state index contributed by atoms with van der Waals surface area (Å²) in [5, 5.41) is -0.624. The first kappa shape index (κ1) is 34.3. The summed E-state index contributed by atoms with van der Waals surface area (Å²) in [6.07, 6.45) is 0.904. The number of methoxy groups -OCH3 is 2. The van der Waals surface area contributed by atoms with E-state index < -0.39 is 51.5 Å². The van der Waals surface area contributed by atoms with Gasteiger partial charge in [-0.2, -0.15) is 21.6 Å². The number of ether oxygens (including phenoxy) is 4. The summed E-state index contributed by atoms with van der Waals surface area (Å²) in [4.78, 5) is 27.8. The molecule has 0 unspecified atom stereocenters. The fourth-order valence-electron chi connectivity index (χ4n) is 4.87. The molecule has 3 aromatic carbocycles. The van der Waals surface area contributed by atoms with Crippen LogP contribution < -0.4 is 24.9 Å². The Bertz CT molecular complexity index is 2110. The summed E-state index contributed by atoms with van der Waals surface area (Å²) in [5.41, 5.74) is -6.23. The summed E-state index contributed by atoms with van der Waals surface area (Å²) in [7, 11) is -3.40. The van der Waals surface area contributed by atoms with Crippen LogP contribution >= 0.6 is 0 Å². The van der Waals surface area contributed by atoms with Crippen LogP contribution in [0, 0.1) is 0 Å². The summed E-state index contributed by atoms with van der Waals surface area (Å²) in [6.45, 7) is -1.30. The molecule has 48 heavy (non-hydrogen) atoms. The zero-order chi connectivity index (χ0) is 34.5. The number of benzene rings is 3. The van der Waals surface area contributed by atoms with E-state index in [0.717, 1.165) is 21.9 Å². The van der Waals surface area contributed by atoms with Crippen LogP contribution in [-0.4, -0.2) is 41.8 Å². The van der Waals surface area contributed by atoms with E-state index in [4.69, 9.17) is 18.9 Å². The Balaban J connectivity index is 1.68. The van der Waals surface area contributed by atoms with Crippen molar-refractivity contribution in [2.24, 2.45) is 0 Å². The number of aromatic nitrogens is 3. The second kappa shape index (κ2) is 14.4. The number of rotatable bonds is 14. The van der Waals surface area contributed by atoms with Crippen LogP contribution in [0.5, 0.6) is 17.2 Å². The van der Waals surface area contributed by atoms with E-state index in [0.29, 0.717) is 21.6 Å². The minimum Gasteiger partial charge on any atom is -0.497 e. The molecule has 5 rings (SSSR count). The Morgan fingerprint density at radius 2 is 1.33 bits per heavy atom. The standard InChI is InChI=1S/C32H30F3N3O9S/c1-43-25-14-13-24(26(15-25)44-2)16-36-17-27(47-48(41,42)32(33,34)35)28-29(36)37(20-45-18-22-9-5-3-6-10-22)31(40)38(30(28)39)21-46-19-23-11-7-4-8-12-23/h3-15,17H,16,18-21H2,1-2H3. The lowest BCUT2D eigenvalue weighted by molar-refractivity contribution is -0.0499. The monoisotopic (exact) mass is 689 g/mol. The van der Waals surface area contributed by atoms with E-state index in [1.807, 2.05) is 0 Å². The van der Waals surface area contributed by atoms with Gasteiger partial charge in [-0.1, -0.05) is 60.7 Å². The van der Waals surface area contributed by atoms with Crippen molar-refractivity contribution >= 4 is 21.2 Å². The van der Waals surface area contributed by atoms with Crippen LogP contribution in [-0.2, 0) is 52.8 Å². The second-order valence-corrected chi connectivity index (χ2v) is 11.9. The fourth-order valence-corrected chi connectivity index (χ4v) is 5.33. The van der Waals surface area contributed by atoms with Gasteiger partial charge >= 0.3 is 21.3 Å². The Morgan fingerprint density at radius 1 is 0.750 bits per heavy atom. The van der Waals surface area contributed by atoms with Crippen LogP contribution in [0.15, 0.2) is 94.6 Å². The largest absolute Gasteiger partial charge is 0.534 e. The Hall–Kier alpha value is -5.06. The van der Waals surface area contributed by atoms with Gasteiger partial charge in [-0.15, -0.1) is 0 Å². The molecule has 0 aliphatic rings. The first-order valence-electron chi connectivity index (χ1n) is 14.2. The maximum atomic E-state index is 13.9. The smallest absolute Gasteiger partial charge is 0.497 e. The van der Waals surface area contributed by atoms with Gasteiger partial charge in [0.25, 0.3) is 5.56 Å². The van der Waals surface area contributed by atoms with Crippen molar-refractivity contribution < 1.29 is 44.7 Å². The molecular formula is C32H30F3N3O9S. The van der Waals surface area contributed by atoms with E-state index in [-0.39, 0.29) is 25.4 Å². The number of hydrogen-bond acceptors (Lipinski definition) is 9. The molecule has 5 aromatic rings. The topological polar surface area (TPSA) is 129 Å². The molecule has 0 saturated heterocycles. The number of halogens is 3. The van der Waals surface area contributed by atoms with Crippen molar-refractivity contribution in [1.29, 1.82) is 0 Å². The minimum absolute atomic E-state index is 0.0145. The third-order valence-electron chi connectivity index (χ3n) is 7.17. The molecule has 2 heterocycles. The third-order valence-corrected chi connectivity index (χ3v) is 8.14. The van der Waals surface area contributed by atoms with Gasteiger partial charge in [0.1, 0.15) is 36.0 Å². The van der Waals surface area contributed by atoms with E-state index in [9.17, 15) is 31.2 Å². The van der Waals surface area contributed by atoms with E-state index in [1.165, 1.54) is 18.8 Å². The zero-order valence-corrected chi connectivity index (χ0v) is 26.5. The Kier molecular flexibility index (Phi) is 10.3. The Labute approximate surface area is 272 Å². The molecule has 12 nitrogen and oxygen atoms in total. The lowest BCUT2D eigenvalue weighted by Crippen LogP contribution is -2.41. The highest BCUT2D eigenvalue weighted by molar-refractivity contribution is 7.88. The highest BCUT2D eigenvalue weighted by Gasteiger charge is 2.49. The van der Waals surface area contributed by atoms with Crippen molar-refractivity contribution in [2.45, 2.75) is 38.7 Å². The van der Waals surface area contributed by atoms with E-state index in [1.54, 1.807) is 78.9 Å². The average molecular weight is 690 g/mol. The highest BCUT2D eigenvalue weighted by atomic mass is 32.2. The maximum absolute atomic E-state index is 13.9. The SMILES string of the molecule is COc1ccc(Cn2cc(OS(=O)(=O)C(F)(F)F)c3c(=O)n(COCc4ccccc4)c(=O)n(COCc4ccccc4)c32)c(OC)c1. The van der Waals surface area contributed by atoms with Gasteiger partial charge in [-0.25, -0.2) is 9.36 Å². The molecule has 0 atom stereocenters. The normalized spacial score (nSPS) is 11.9. The molecule has 2 aromatic heterocycles. The number of nitrogens with zero attached hydrogens (tertiary/aromatic N) is 3. The molecule has 254 valence electrons. The molecule has 0 saturated carbocycles. The van der Waals surface area contributed by atoms with Crippen molar-refractivity contribution in [3.8, 4) is 17.2 Å². The molecule has 0 aliphatic heterocycles. The average Bonchev–Trinajstić information content (AvgIpc) is 3.41. The van der Waals surface area contributed by atoms with Gasteiger partial charge in [-0.05, 0) is 23.3 Å². The first-order valence-corrected chi connectivity index (χ1v) is 15.7. The molecule has 0 aliphatic carbocycles. The van der Waals surface area contributed by atoms with E-state index in [2.05, 4.69) is 4.18 Å². The van der Waals surface area contributed by atoms with Gasteiger partial charge in [0.2, 0.25) is 0 Å². The van der Waals surface area contributed by atoms with Gasteiger partial charge in [0, 0.05) is 11.6 Å². The predicted octanol–water partition coefficient (Wildman–Crippen LogP) is 4.61. The number of alkyl halides is 3. The van der Waals surface area contributed by atoms with Crippen molar-refractivity contribution in [3.05, 3.63) is 123 Å². The highest BCUT2D eigenvalue weighted by Crippen LogP contribution is 2.33. The summed E-state index contributed by atoms with van der Waals surface area (Å²) in [6, 6.07) is 22.5. The minimum atomic E-state index is -6.23. The number of hydrogen-bond donors (Lipinski definition) is 0. The third kappa shape index (κ3) is 7.40. The van der Waals surface area contributed by atoms with Crippen LogP contribution in [0.2, 0.25) is 0 Å². The van der Waals surface area contributed by atoms with Gasteiger partial charge in [0.15, 0.2) is 5.75 Å². The fraction of sp³-hybridized carbons (Fsp3) is 0.250. The molecule has 16 heteroatoms. The molecule has 0 spiro atoms. The van der Waals surface area contributed by atoms with E-state index >= 15 is 0 Å². The van der Waals surface area contributed by atoms with Gasteiger partial charge < -0.3 is 27.7 Å². The Morgan fingerprint density at radius 3 is 1.88 bits per heavy atom. The summed E-state index contributed by atoms with van der Waals surface area (Å²) < 4.78 is 94.4.